The average Bonchev–Trinajstić information content (AvgIpc) is 2.67. The SMILES string of the molecule is OCCCc1c[nH]c2c(C(F)(F)F)cccc12. The molecule has 2 rings (SSSR count). The van der Waals surface area contributed by atoms with Gasteiger partial charge in [-0.1, -0.05) is 12.1 Å². The molecular weight excluding hydrogens is 231 g/mol. The second-order valence-corrected chi connectivity index (χ2v) is 3.87. The van der Waals surface area contributed by atoms with Gasteiger partial charge in [0.15, 0.2) is 0 Å². The number of hydrogen-bond acceptors (Lipinski definition) is 1. The van der Waals surface area contributed by atoms with Crippen LogP contribution in [-0.4, -0.2) is 16.7 Å². The smallest absolute Gasteiger partial charge is 0.396 e. The van der Waals surface area contributed by atoms with E-state index < -0.39 is 11.7 Å². The van der Waals surface area contributed by atoms with Gasteiger partial charge >= 0.3 is 6.18 Å². The number of aliphatic hydroxyl groups excluding tert-OH is 1. The molecule has 17 heavy (non-hydrogen) atoms. The van der Waals surface area contributed by atoms with Crippen molar-refractivity contribution in [1.82, 2.24) is 4.98 Å². The van der Waals surface area contributed by atoms with Gasteiger partial charge in [0.05, 0.1) is 11.1 Å². The van der Waals surface area contributed by atoms with E-state index in [2.05, 4.69) is 4.98 Å². The maximum atomic E-state index is 12.7. The molecule has 1 heterocycles. The van der Waals surface area contributed by atoms with Crippen LogP contribution in [-0.2, 0) is 12.6 Å². The van der Waals surface area contributed by atoms with Gasteiger partial charge in [-0.2, -0.15) is 13.2 Å². The molecule has 0 radical (unpaired) electrons. The number of fused-ring (bicyclic) bond motifs is 1. The first kappa shape index (κ1) is 12.0. The van der Waals surface area contributed by atoms with Gasteiger partial charge in [0.2, 0.25) is 0 Å². The van der Waals surface area contributed by atoms with Crippen molar-refractivity contribution in [2.24, 2.45) is 0 Å². The van der Waals surface area contributed by atoms with Crippen LogP contribution < -0.4 is 0 Å². The highest BCUT2D eigenvalue weighted by Gasteiger charge is 2.33. The third-order valence-corrected chi connectivity index (χ3v) is 2.71. The highest BCUT2D eigenvalue weighted by molar-refractivity contribution is 5.86. The van der Waals surface area contributed by atoms with Crippen molar-refractivity contribution in [3.8, 4) is 0 Å². The zero-order valence-electron chi connectivity index (χ0n) is 9.01. The summed E-state index contributed by atoms with van der Waals surface area (Å²) >= 11 is 0. The molecule has 1 aromatic heterocycles. The number of aryl methyl sites for hydroxylation is 1. The van der Waals surface area contributed by atoms with Crippen LogP contribution in [0.15, 0.2) is 24.4 Å². The van der Waals surface area contributed by atoms with Gasteiger partial charge in [-0.05, 0) is 24.5 Å². The lowest BCUT2D eigenvalue weighted by Gasteiger charge is -2.07. The van der Waals surface area contributed by atoms with Gasteiger partial charge < -0.3 is 10.1 Å². The Bertz CT molecular complexity index is 516. The summed E-state index contributed by atoms with van der Waals surface area (Å²) < 4.78 is 38.2. The Labute approximate surface area is 96.1 Å². The lowest BCUT2D eigenvalue weighted by atomic mass is 10.1. The molecule has 2 aromatic rings. The van der Waals surface area contributed by atoms with Crippen molar-refractivity contribution >= 4 is 10.9 Å². The zero-order chi connectivity index (χ0) is 12.5. The minimum atomic E-state index is -4.35. The third kappa shape index (κ3) is 2.29. The molecule has 0 unspecified atom stereocenters. The minimum absolute atomic E-state index is 0.0334. The van der Waals surface area contributed by atoms with E-state index in [0.29, 0.717) is 18.2 Å². The summed E-state index contributed by atoms with van der Waals surface area (Å²) in [4.78, 5) is 2.67. The molecule has 0 aliphatic rings. The number of halogens is 3. The predicted molar refractivity (Wildman–Crippen MR) is 58.7 cm³/mol. The summed E-state index contributed by atoms with van der Waals surface area (Å²) in [5.41, 5.74) is 0.276. The number of rotatable bonds is 3. The van der Waals surface area contributed by atoms with Gasteiger partial charge in [-0.15, -0.1) is 0 Å². The number of nitrogens with one attached hydrogen (secondary N) is 1. The second kappa shape index (κ2) is 4.41. The molecule has 5 heteroatoms. The highest BCUT2D eigenvalue weighted by Crippen LogP contribution is 2.35. The number of aliphatic hydroxyl groups is 1. The first-order valence-electron chi connectivity index (χ1n) is 5.31. The summed E-state index contributed by atoms with van der Waals surface area (Å²) in [5, 5.41) is 9.31. The average molecular weight is 243 g/mol. The van der Waals surface area contributed by atoms with E-state index in [4.69, 9.17) is 5.11 Å². The standard InChI is InChI=1S/C12H12F3NO/c13-12(14,15)10-5-1-4-9-8(3-2-6-17)7-16-11(9)10/h1,4-5,7,16-17H,2-3,6H2. The Morgan fingerprint density at radius 1 is 1.24 bits per heavy atom. The number of H-pyrrole nitrogens is 1. The van der Waals surface area contributed by atoms with Gasteiger partial charge in [-0.25, -0.2) is 0 Å². The molecule has 0 atom stereocenters. The van der Waals surface area contributed by atoms with E-state index in [0.717, 1.165) is 11.6 Å². The van der Waals surface area contributed by atoms with Crippen LogP contribution in [0.5, 0.6) is 0 Å². The molecule has 2 N–H and O–H groups in total. The number of benzene rings is 1. The van der Waals surface area contributed by atoms with Crippen molar-refractivity contribution in [2.45, 2.75) is 19.0 Å². The third-order valence-electron chi connectivity index (χ3n) is 2.71. The number of hydrogen-bond donors (Lipinski definition) is 2. The van der Waals surface area contributed by atoms with Crippen LogP contribution in [0.2, 0.25) is 0 Å². The fraction of sp³-hybridized carbons (Fsp3) is 0.333. The van der Waals surface area contributed by atoms with E-state index in [1.54, 1.807) is 12.3 Å². The molecule has 0 aliphatic carbocycles. The van der Waals surface area contributed by atoms with E-state index >= 15 is 0 Å². The Balaban J connectivity index is 2.49. The summed E-state index contributed by atoms with van der Waals surface area (Å²) in [5.74, 6) is 0. The Morgan fingerprint density at radius 3 is 2.65 bits per heavy atom. The van der Waals surface area contributed by atoms with Gasteiger partial charge in [0.1, 0.15) is 0 Å². The fourth-order valence-electron chi connectivity index (χ4n) is 1.93. The zero-order valence-corrected chi connectivity index (χ0v) is 9.01. The van der Waals surface area contributed by atoms with E-state index in [-0.39, 0.29) is 12.1 Å². The normalized spacial score (nSPS) is 12.2. The lowest BCUT2D eigenvalue weighted by molar-refractivity contribution is -0.136. The van der Waals surface area contributed by atoms with Crippen LogP contribution in [0.1, 0.15) is 17.5 Å². The highest BCUT2D eigenvalue weighted by atomic mass is 19.4. The van der Waals surface area contributed by atoms with Crippen molar-refractivity contribution in [1.29, 1.82) is 0 Å². The number of aromatic amines is 1. The maximum Gasteiger partial charge on any atom is 0.418 e. The summed E-state index contributed by atoms with van der Waals surface area (Å²) in [7, 11) is 0. The Morgan fingerprint density at radius 2 is 2.00 bits per heavy atom. The summed E-state index contributed by atoms with van der Waals surface area (Å²) in [6.07, 6.45) is -1.66. The van der Waals surface area contributed by atoms with Crippen LogP contribution in [0, 0.1) is 0 Å². The van der Waals surface area contributed by atoms with Crippen molar-refractivity contribution < 1.29 is 18.3 Å². The first-order chi connectivity index (χ1) is 8.04. The van der Waals surface area contributed by atoms with Crippen molar-refractivity contribution in [3.63, 3.8) is 0 Å². The molecule has 2 nitrogen and oxygen atoms in total. The van der Waals surface area contributed by atoms with Crippen LogP contribution in [0.3, 0.4) is 0 Å². The van der Waals surface area contributed by atoms with E-state index in [9.17, 15) is 13.2 Å². The molecular formula is C12H12F3NO. The molecule has 92 valence electrons. The second-order valence-electron chi connectivity index (χ2n) is 3.87. The quantitative estimate of drug-likeness (QED) is 0.853. The van der Waals surface area contributed by atoms with E-state index in [1.165, 1.54) is 6.07 Å². The number of alkyl halides is 3. The fourth-order valence-corrected chi connectivity index (χ4v) is 1.93. The molecule has 0 amide bonds. The predicted octanol–water partition coefficient (Wildman–Crippen LogP) is 3.11. The Hall–Kier alpha value is -1.49. The molecule has 0 aliphatic heterocycles. The van der Waals surface area contributed by atoms with Crippen LogP contribution >= 0.6 is 0 Å². The van der Waals surface area contributed by atoms with Gasteiger partial charge in [0.25, 0.3) is 0 Å². The van der Waals surface area contributed by atoms with Gasteiger partial charge in [-0.3, -0.25) is 0 Å². The minimum Gasteiger partial charge on any atom is -0.396 e. The monoisotopic (exact) mass is 243 g/mol. The lowest BCUT2D eigenvalue weighted by Crippen LogP contribution is -2.05. The molecule has 0 spiro atoms. The molecule has 0 saturated heterocycles. The summed E-state index contributed by atoms with van der Waals surface area (Å²) in [6, 6.07) is 4.13. The van der Waals surface area contributed by atoms with Gasteiger partial charge in [0, 0.05) is 18.2 Å². The molecule has 0 bridgehead atoms. The largest absolute Gasteiger partial charge is 0.418 e. The van der Waals surface area contributed by atoms with Crippen molar-refractivity contribution in [2.75, 3.05) is 6.61 Å². The summed E-state index contributed by atoms with van der Waals surface area (Å²) in [6.45, 7) is 0.0334. The Kier molecular flexibility index (Phi) is 3.11. The first-order valence-corrected chi connectivity index (χ1v) is 5.31. The van der Waals surface area contributed by atoms with Crippen molar-refractivity contribution in [3.05, 3.63) is 35.5 Å². The topological polar surface area (TPSA) is 36.0 Å². The molecule has 1 aromatic carbocycles. The maximum absolute atomic E-state index is 12.7. The molecule has 0 fully saturated rings. The molecule has 0 saturated carbocycles. The van der Waals surface area contributed by atoms with Crippen LogP contribution in [0.25, 0.3) is 10.9 Å². The number of para-hydroxylation sites is 1. The van der Waals surface area contributed by atoms with Crippen LogP contribution in [0.4, 0.5) is 13.2 Å². The van der Waals surface area contributed by atoms with E-state index in [1.807, 2.05) is 0 Å². The number of aromatic nitrogens is 1.